The number of benzene rings is 2. The van der Waals surface area contributed by atoms with Gasteiger partial charge in [-0.25, -0.2) is 0 Å². The van der Waals surface area contributed by atoms with E-state index in [4.69, 9.17) is 32.7 Å². The van der Waals surface area contributed by atoms with Gasteiger partial charge in [-0.1, -0.05) is 29.3 Å². The van der Waals surface area contributed by atoms with Gasteiger partial charge in [0.1, 0.15) is 6.10 Å². The van der Waals surface area contributed by atoms with Crippen molar-refractivity contribution in [3.05, 3.63) is 57.6 Å². The quantitative estimate of drug-likeness (QED) is 0.427. The summed E-state index contributed by atoms with van der Waals surface area (Å²) in [5, 5.41) is 15.8. The number of aliphatic carboxylic acids is 1. The Labute approximate surface area is 231 Å². The van der Waals surface area contributed by atoms with Gasteiger partial charge in [-0.2, -0.15) is 0 Å². The Kier molecular flexibility index (Phi) is 9.15. The maximum absolute atomic E-state index is 13.3. The lowest BCUT2D eigenvalue weighted by molar-refractivity contribution is -0.137. The fourth-order valence-corrected chi connectivity index (χ4v) is 5.18. The molecule has 11 heteroatoms. The zero-order chi connectivity index (χ0) is 27.4. The fraction of sp³-hybridized carbons (Fsp3) is 0.444. The highest BCUT2D eigenvalue weighted by Crippen LogP contribution is 2.33. The molecule has 2 aliphatic heterocycles. The van der Waals surface area contributed by atoms with Crippen molar-refractivity contribution in [3.63, 3.8) is 0 Å². The van der Waals surface area contributed by atoms with Crippen LogP contribution in [0.15, 0.2) is 36.4 Å². The molecule has 0 aliphatic carbocycles. The topological polar surface area (TPSA) is 117 Å². The highest BCUT2D eigenvalue weighted by molar-refractivity contribution is 6.42. The maximum Gasteiger partial charge on any atom is 0.305 e. The zero-order valence-electron chi connectivity index (χ0n) is 21.2. The molecule has 0 aromatic heterocycles. The molecular formula is C27H31Cl2N3O6. The Hall–Kier alpha value is -2.85. The molecule has 4 rings (SSSR count). The van der Waals surface area contributed by atoms with Crippen LogP contribution in [0.2, 0.25) is 10.0 Å². The molecule has 4 atom stereocenters. The second-order valence-corrected chi connectivity index (χ2v) is 10.5. The third kappa shape index (κ3) is 6.58. The van der Waals surface area contributed by atoms with Gasteiger partial charge in [0.2, 0.25) is 0 Å². The summed E-state index contributed by atoms with van der Waals surface area (Å²) < 4.78 is 11.2. The average Bonchev–Trinajstić information content (AvgIpc) is 3.41. The molecule has 0 spiro atoms. The predicted octanol–water partition coefficient (Wildman–Crippen LogP) is 4.67. The molecule has 2 aromatic rings. The van der Waals surface area contributed by atoms with Crippen molar-refractivity contribution in [3.8, 4) is 0 Å². The minimum atomic E-state index is -1.09. The van der Waals surface area contributed by atoms with Crippen LogP contribution in [0.4, 0.5) is 11.4 Å². The van der Waals surface area contributed by atoms with E-state index in [0.717, 1.165) is 12.1 Å². The number of halogens is 2. The Bertz CT molecular complexity index is 1190. The number of morpholine rings is 1. The third-order valence-electron chi connectivity index (χ3n) is 6.71. The monoisotopic (exact) mass is 563 g/mol. The standard InChI is InChI=1S/C27H31Cl2N3O6/c1-15-13-37-14-16(2)32(15)23-8-6-18(11-22(23)31-27(36)24-4-3-9-38-24)26(35)30-21(12-25(33)34)17-5-7-19(28)20(29)10-17/h5-8,10-11,15-16,21,24H,3-4,9,12-14H2,1-2H3,(H,30,35)(H,31,36)(H,33,34). The van der Waals surface area contributed by atoms with E-state index in [1.165, 1.54) is 6.07 Å². The molecule has 3 N–H and O–H groups in total. The molecule has 0 bridgehead atoms. The molecular weight excluding hydrogens is 533 g/mol. The van der Waals surface area contributed by atoms with Crippen molar-refractivity contribution >= 4 is 52.4 Å². The molecule has 0 saturated carbocycles. The summed E-state index contributed by atoms with van der Waals surface area (Å²) in [6.07, 6.45) is 0.541. The number of carboxylic acid groups (broad SMARTS) is 1. The highest BCUT2D eigenvalue weighted by atomic mass is 35.5. The SMILES string of the molecule is CC1COCC(C)N1c1ccc(C(=O)NC(CC(=O)O)c2ccc(Cl)c(Cl)c2)cc1NC(=O)C1CCCO1. The van der Waals surface area contributed by atoms with Gasteiger partial charge in [0, 0.05) is 24.3 Å². The number of nitrogens with one attached hydrogen (secondary N) is 2. The second-order valence-electron chi connectivity index (χ2n) is 9.66. The van der Waals surface area contributed by atoms with Gasteiger partial charge in [-0.05, 0) is 62.6 Å². The van der Waals surface area contributed by atoms with Crippen LogP contribution in [0.3, 0.4) is 0 Å². The van der Waals surface area contributed by atoms with E-state index in [1.807, 2.05) is 13.8 Å². The van der Waals surface area contributed by atoms with Crippen LogP contribution in [-0.2, 0) is 19.1 Å². The number of amides is 2. The Morgan fingerprint density at radius 3 is 2.45 bits per heavy atom. The van der Waals surface area contributed by atoms with Gasteiger partial charge in [0.15, 0.2) is 0 Å². The predicted molar refractivity (Wildman–Crippen MR) is 145 cm³/mol. The number of hydrogen-bond acceptors (Lipinski definition) is 6. The van der Waals surface area contributed by atoms with E-state index in [0.29, 0.717) is 42.5 Å². The van der Waals surface area contributed by atoms with E-state index in [-0.39, 0.29) is 35.0 Å². The molecule has 2 aromatic carbocycles. The lowest BCUT2D eigenvalue weighted by atomic mass is 10.0. The van der Waals surface area contributed by atoms with Crippen LogP contribution in [0.5, 0.6) is 0 Å². The highest BCUT2D eigenvalue weighted by Gasteiger charge is 2.30. The van der Waals surface area contributed by atoms with Gasteiger partial charge >= 0.3 is 5.97 Å². The Morgan fingerprint density at radius 1 is 1.08 bits per heavy atom. The van der Waals surface area contributed by atoms with Crippen molar-refractivity contribution in [2.45, 2.75) is 57.3 Å². The minimum absolute atomic E-state index is 0.0476. The van der Waals surface area contributed by atoms with Gasteiger partial charge < -0.3 is 30.1 Å². The van der Waals surface area contributed by atoms with Crippen molar-refractivity contribution in [2.24, 2.45) is 0 Å². The number of hydrogen-bond donors (Lipinski definition) is 3. The Morgan fingerprint density at radius 2 is 1.82 bits per heavy atom. The number of carbonyl (C=O) groups excluding carboxylic acids is 2. The number of rotatable bonds is 8. The lowest BCUT2D eigenvalue weighted by Crippen LogP contribution is -2.50. The summed E-state index contributed by atoms with van der Waals surface area (Å²) in [6, 6.07) is 9.03. The molecule has 204 valence electrons. The molecule has 0 radical (unpaired) electrons. The molecule has 2 amide bonds. The molecule has 38 heavy (non-hydrogen) atoms. The first-order valence-corrected chi connectivity index (χ1v) is 13.3. The summed E-state index contributed by atoms with van der Waals surface area (Å²) in [5.41, 5.74) is 2.01. The number of nitrogens with zero attached hydrogens (tertiary/aromatic N) is 1. The van der Waals surface area contributed by atoms with Gasteiger partial charge in [-0.15, -0.1) is 0 Å². The summed E-state index contributed by atoms with van der Waals surface area (Å²) in [7, 11) is 0. The summed E-state index contributed by atoms with van der Waals surface area (Å²) >= 11 is 12.1. The van der Waals surface area contributed by atoms with E-state index in [1.54, 1.807) is 30.3 Å². The Balaban J connectivity index is 1.64. The first-order valence-electron chi connectivity index (χ1n) is 12.5. The van der Waals surface area contributed by atoms with Crippen LogP contribution in [-0.4, -0.2) is 60.9 Å². The maximum atomic E-state index is 13.3. The molecule has 2 fully saturated rings. The van der Waals surface area contributed by atoms with Crippen molar-refractivity contribution in [2.75, 3.05) is 30.0 Å². The first-order chi connectivity index (χ1) is 18.1. The normalized spacial score (nSPS) is 22.1. The number of ether oxygens (including phenoxy) is 2. The van der Waals surface area contributed by atoms with Crippen molar-refractivity contribution < 1.29 is 29.0 Å². The smallest absolute Gasteiger partial charge is 0.305 e. The van der Waals surface area contributed by atoms with E-state index in [2.05, 4.69) is 15.5 Å². The average molecular weight is 564 g/mol. The van der Waals surface area contributed by atoms with Crippen LogP contribution in [0.25, 0.3) is 0 Å². The largest absolute Gasteiger partial charge is 0.481 e. The van der Waals surface area contributed by atoms with Crippen LogP contribution in [0, 0.1) is 0 Å². The van der Waals surface area contributed by atoms with Crippen LogP contribution < -0.4 is 15.5 Å². The van der Waals surface area contributed by atoms with Gasteiger partial charge in [-0.3, -0.25) is 14.4 Å². The van der Waals surface area contributed by atoms with Gasteiger partial charge in [0.05, 0.1) is 47.1 Å². The molecule has 2 aliphatic rings. The minimum Gasteiger partial charge on any atom is -0.481 e. The van der Waals surface area contributed by atoms with E-state index < -0.39 is 24.0 Å². The van der Waals surface area contributed by atoms with Crippen LogP contribution >= 0.6 is 23.2 Å². The van der Waals surface area contributed by atoms with Crippen molar-refractivity contribution in [1.82, 2.24) is 5.32 Å². The lowest BCUT2D eigenvalue weighted by Gasteiger charge is -2.41. The summed E-state index contributed by atoms with van der Waals surface area (Å²) in [5.74, 6) is -1.85. The molecule has 2 saturated heterocycles. The summed E-state index contributed by atoms with van der Waals surface area (Å²) in [4.78, 5) is 40.0. The van der Waals surface area contributed by atoms with Crippen molar-refractivity contribution in [1.29, 1.82) is 0 Å². The third-order valence-corrected chi connectivity index (χ3v) is 7.45. The van der Waals surface area contributed by atoms with Crippen LogP contribution in [0.1, 0.15) is 55.1 Å². The molecule has 4 unspecified atom stereocenters. The zero-order valence-corrected chi connectivity index (χ0v) is 22.7. The van der Waals surface area contributed by atoms with Gasteiger partial charge in [0.25, 0.3) is 11.8 Å². The number of carboxylic acids is 1. The number of carbonyl (C=O) groups is 3. The summed E-state index contributed by atoms with van der Waals surface area (Å²) in [6.45, 7) is 5.68. The number of anilines is 2. The second kappa shape index (κ2) is 12.3. The first kappa shape index (κ1) is 28.2. The van der Waals surface area contributed by atoms with E-state index in [9.17, 15) is 19.5 Å². The van der Waals surface area contributed by atoms with E-state index >= 15 is 0 Å². The molecule has 9 nitrogen and oxygen atoms in total. The molecule has 2 heterocycles. The fourth-order valence-electron chi connectivity index (χ4n) is 4.88.